The number of carbonyl (C=O) groups excluding carboxylic acids is 2. The van der Waals surface area contributed by atoms with E-state index < -0.39 is 5.60 Å². The highest BCUT2D eigenvalue weighted by atomic mass is 79.9. The van der Waals surface area contributed by atoms with Gasteiger partial charge in [-0.25, -0.2) is 14.8 Å². The van der Waals surface area contributed by atoms with Crippen molar-refractivity contribution in [3.63, 3.8) is 0 Å². The van der Waals surface area contributed by atoms with Crippen LogP contribution in [0.4, 0.5) is 4.79 Å². The van der Waals surface area contributed by atoms with Crippen molar-refractivity contribution in [2.75, 3.05) is 19.6 Å². The van der Waals surface area contributed by atoms with Gasteiger partial charge in [0.05, 0.1) is 11.2 Å². The monoisotopic (exact) mass is 510 g/mol. The minimum absolute atomic E-state index is 0.0629. The van der Waals surface area contributed by atoms with Crippen LogP contribution in [0.5, 0.6) is 0 Å². The predicted octanol–water partition coefficient (Wildman–Crippen LogP) is 5.14. The Hall–Kier alpha value is -3.00. The number of hydrogen-bond acceptors (Lipinski definition) is 5. The normalized spacial score (nSPS) is 16.7. The van der Waals surface area contributed by atoms with Crippen LogP contribution in [-0.4, -0.2) is 63.0 Å². The van der Waals surface area contributed by atoms with Gasteiger partial charge in [-0.15, -0.1) is 0 Å². The van der Waals surface area contributed by atoms with Gasteiger partial charge in [0.1, 0.15) is 11.9 Å². The zero-order valence-corrected chi connectivity index (χ0v) is 20.8. The number of halogens is 1. The van der Waals surface area contributed by atoms with E-state index in [-0.39, 0.29) is 18.0 Å². The maximum Gasteiger partial charge on any atom is 0.410 e. The van der Waals surface area contributed by atoms with Crippen LogP contribution in [0, 0.1) is 0 Å². The summed E-state index contributed by atoms with van der Waals surface area (Å²) >= 11 is 3.51. The Labute approximate surface area is 201 Å². The Bertz CT molecular complexity index is 1210. The smallest absolute Gasteiger partial charge is 0.410 e. The third-order valence-electron chi connectivity index (χ3n) is 5.52. The summed E-state index contributed by atoms with van der Waals surface area (Å²) in [7, 11) is 0. The largest absolute Gasteiger partial charge is 0.444 e. The molecule has 2 aromatic carbocycles. The molecule has 172 valence electrons. The molecule has 1 aliphatic rings. The molecule has 33 heavy (non-hydrogen) atoms. The molecule has 2 heterocycles. The predicted molar refractivity (Wildman–Crippen MR) is 131 cm³/mol. The molecule has 1 fully saturated rings. The van der Waals surface area contributed by atoms with E-state index >= 15 is 0 Å². The molecule has 0 radical (unpaired) electrons. The molecule has 0 N–H and O–H groups in total. The van der Waals surface area contributed by atoms with Crippen LogP contribution in [0.3, 0.4) is 0 Å². The highest BCUT2D eigenvalue weighted by molar-refractivity contribution is 9.10. The third-order valence-corrected chi connectivity index (χ3v) is 6.02. The molecule has 3 aromatic rings. The number of hydrogen-bond donors (Lipinski definition) is 0. The average molecular weight is 511 g/mol. The van der Waals surface area contributed by atoms with Crippen LogP contribution < -0.4 is 0 Å². The summed E-state index contributed by atoms with van der Waals surface area (Å²) in [5, 5.41) is 0.913. The number of piperazine rings is 1. The van der Waals surface area contributed by atoms with E-state index in [1.165, 1.54) is 6.33 Å². The first-order chi connectivity index (χ1) is 15.6. The van der Waals surface area contributed by atoms with Crippen molar-refractivity contribution < 1.29 is 14.3 Å². The van der Waals surface area contributed by atoms with E-state index in [1.54, 1.807) is 9.80 Å². The van der Waals surface area contributed by atoms with E-state index in [9.17, 15) is 9.59 Å². The number of carbonyl (C=O) groups is 2. The standard InChI is InChI=1S/C25H27BrN4O3/c1-16-14-29(10-11-30(16)24(32)33-25(2,3)4)23(31)18-7-5-6-17(12-18)22-20-13-19(26)8-9-21(20)27-15-28-22/h5-9,12-13,15-16H,10-11,14H2,1-4H3. The Balaban J connectivity index is 1.54. The van der Waals surface area contributed by atoms with Crippen LogP contribution in [0.2, 0.25) is 0 Å². The lowest BCUT2D eigenvalue weighted by atomic mass is 10.0. The van der Waals surface area contributed by atoms with Crippen molar-refractivity contribution in [3.8, 4) is 11.3 Å². The first-order valence-corrected chi connectivity index (χ1v) is 11.7. The van der Waals surface area contributed by atoms with Crippen molar-refractivity contribution in [2.24, 2.45) is 0 Å². The summed E-state index contributed by atoms with van der Waals surface area (Å²) < 4.78 is 6.44. The quantitative estimate of drug-likeness (QED) is 0.476. The molecular formula is C25H27BrN4O3. The molecule has 4 rings (SSSR count). The molecule has 0 bridgehead atoms. The van der Waals surface area contributed by atoms with Gasteiger partial charge in [0.2, 0.25) is 0 Å². The van der Waals surface area contributed by atoms with Gasteiger partial charge in [-0.2, -0.15) is 0 Å². The second kappa shape index (κ2) is 9.09. The number of nitrogens with zero attached hydrogens (tertiary/aromatic N) is 4. The van der Waals surface area contributed by atoms with E-state index in [2.05, 4.69) is 25.9 Å². The topological polar surface area (TPSA) is 75.6 Å². The van der Waals surface area contributed by atoms with E-state index in [1.807, 2.05) is 70.2 Å². The van der Waals surface area contributed by atoms with Gasteiger partial charge in [-0.05, 0) is 58.0 Å². The molecular weight excluding hydrogens is 484 g/mol. The number of benzene rings is 2. The lowest BCUT2D eigenvalue weighted by Crippen LogP contribution is -2.56. The minimum atomic E-state index is -0.551. The average Bonchev–Trinajstić information content (AvgIpc) is 2.77. The molecule has 0 saturated carbocycles. The SMILES string of the molecule is CC1CN(C(=O)c2cccc(-c3ncnc4ccc(Br)cc34)c2)CCN1C(=O)OC(C)(C)C. The molecule has 1 saturated heterocycles. The van der Waals surface area contributed by atoms with E-state index in [0.29, 0.717) is 25.2 Å². The first-order valence-electron chi connectivity index (χ1n) is 10.9. The van der Waals surface area contributed by atoms with Gasteiger partial charge in [0.15, 0.2) is 0 Å². The Morgan fingerprint density at radius 3 is 2.61 bits per heavy atom. The zero-order valence-electron chi connectivity index (χ0n) is 19.2. The van der Waals surface area contributed by atoms with Crippen LogP contribution in [0.15, 0.2) is 53.3 Å². The fourth-order valence-corrected chi connectivity index (χ4v) is 4.34. The minimum Gasteiger partial charge on any atom is -0.444 e. The highest BCUT2D eigenvalue weighted by Gasteiger charge is 2.32. The maximum atomic E-state index is 13.3. The lowest BCUT2D eigenvalue weighted by Gasteiger charge is -2.40. The van der Waals surface area contributed by atoms with Gasteiger partial charge >= 0.3 is 6.09 Å². The molecule has 0 aliphatic carbocycles. The molecule has 1 unspecified atom stereocenters. The number of ether oxygens (including phenoxy) is 1. The maximum absolute atomic E-state index is 13.3. The third kappa shape index (κ3) is 5.16. The van der Waals surface area contributed by atoms with Crippen LogP contribution in [0.25, 0.3) is 22.2 Å². The highest BCUT2D eigenvalue weighted by Crippen LogP contribution is 2.28. The van der Waals surface area contributed by atoms with E-state index in [0.717, 1.165) is 26.6 Å². The van der Waals surface area contributed by atoms with Gasteiger partial charge in [0.25, 0.3) is 5.91 Å². The number of amides is 2. The second-order valence-electron chi connectivity index (χ2n) is 9.24. The molecule has 1 aliphatic heterocycles. The van der Waals surface area contributed by atoms with Gasteiger partial charge in [0, 0.05) is 46.7 Å². The lowest BCUT2D eigenvalue weighted by molar-refractivity contribution is 0.00198. The Morgan fingerprint density at radius 2 is 1.88 bits per heavy atom. The number of rotatable bonds is 2. The van der Waals surface area contributed by atoms with Gasteiger partial charge in [-0.1, -0.05) is 28.1 Å². The summed E-state index contributed by atoms with van der Waals surface area (Å²) in [6, 6.07) is 13.2. The van der Waals surface area contributed by atoms with Crippen LogP contribution in [0.1, 0.15) is 38.1 Å². The number of fused-ring (bicyclic) bond motifs is 1. The molecule has 0 spiro atoms. The van der Waals surface area contributed by atoms with Crippen LogP contribution >= 0.6 is 15.9 Å². The van der Waals surface area contributed by atoms with Gasteiger partial charge in [-0.3, -0.25) is 4.79 Å². The Kier molecular flexibility index (Phi) is 6.38. The fourth-order valence-electron chi connectivity index (χ4n) is 3.97. The first kappa shape index (κ1) is 23.2. The summed E-state index contributed by atoms with van der Waals surface area (Å²) in [5.74, 6) is -0.0629. The van der Waals surface area contributed by atoms with E-state index in [4.69, 9.17) is 4.74 Å². The zero-order chi connectivity index (χ0) is 23.8. The summed E-state index contributed by atoms with van der Waals surface area (Å²) in [5.41, 5.74) is 2.51. The van der Waals surface area contributed by atoms with Crippen molar-refractivity contribution in [2.45, 2.75) is 39.3 Å². The van der Waals surface area contributed by atoms with Crippen LogP contribution in [-0.2, 0) is 4.74 Å². The number of aromatic nitrogens is 2. The summed E-state index contributed by atoms with van der Waals surface area (Å²) in [4.78, 5) is 38.1. The summed E-state index contributed by atoms with van der Waals surface area (Å²) in [6.07, 6.45) is 1.20. The molecule has 1 atom stereocenters. The molecule has 1 aromatic heterocycles. The molecule has 8 heteroatoms. The fraction of sp³-hybridized carbons (Fsp3) is 0.360. The summed E-state index contributed by atoms with van der Waals surface area (Å²) in [6.45, 7) is 8.82. The Morgan fingerprint density at radius 1 is 1.09 bits per heavy atom. The second-order valence-corrected chi connectivity index (χ2v) is 10.2. The van der Waals surface area contributed by atoms with Crippen molar-refractivity contribution >= 4 is 38.8 Å². The van der Waals surface area contributed by atoms with Gasteiger partial charge < -0.3 is 14.5 Å². The van der Waals surface area contributed by atoms with Crippen molar-refractivity contribution in [1.82, 2.24) is 19.8 Å². The van der Waals surface area contributed by atoms with Crippen molar-refractivity contribution in [1.29, 1.82) is 0 Å². The molecule has 2 amide bonds. The molecule has 7 nitrogen and oxygen atoms in total. The van der Waals surface area contributed by atoms with Crippen molar-refractivity contribution in [3.05, 3.63) is 58.8 Å².